The molecule has 2 aromatic rings. The average molecular weight is 343 g/mol. The van der Waals surface area contributed by atoms with Crippen LogP contribution in [0, 0.1) is 12.8 Å². The number of amides is 1. The highest BCUT2D eigenvalue weighted by atomic mass is 16.5. The first-order valence-electron chi connectivity index (χ1n) is 8.64. The van der Waals surface area contributed by atoms with Crippen LogP contribution in [0.1, 0.15) is 24.4 Å². The lowest BCUT2D eigenvalue weighted by atomic mass is 9.93. The standard InChI is InChI=1S/C18H25N5O2/c1-13-20-10-17(22(13)2)16-9-19-8-15(21-16)7-14-5-4-6-23(11-14)18(24)12-25-3/h8-10,14H,4-7,11-12H2,1-3H3. The topological polar surface area (TPSA) is 73.1 Å². The highest BCUT2D eigenvalue weighted by molar-refractivity contribution is 5.77. The number of ether oxygens (including phenoxy) is 1. The van der Waals surface area contributed by atoms with E-state index in [1.807, 2.05) is 35.8 Å². The van der Waals surface area contributed by atoms with Crippen LogP contribution in [0.25, 0.3) is 11.4 Å². The highest BCUT2D eigenvalue weighted by Crippen LogP contribution is 2.22. The molecule has 1 amide bonds. The van der Waals surface area contributed by atoms with Crippen molar-refractivity contribution in [1.82, 2.24) is 24.4 Å². The number of carbonyl (C=O) groups excluding carboxylic acids is 1. The molecule has 7 nitrogen and oxygen atoms in total. The Labute approximate surface area is 148 Å². The van der Waals surface area contributed by atoms with Crippen molar-refractivity contribution in [2.45, 2.75) is 26.2 Å². The molecule has 7 heteroatoms. The molecule has 0 spiro atoms. The third kappa shape index (κ3) is 4.04. The average Bonchev–Trinajstić information content (AvgIpc) is 2.95. The lowest BCUT2D eigenvalue weighted by molar-refractivity contribution is -0.136. The third-order valence-corrected chi connectivity index (χ3v) is 4.80. The van der Waals surface area contributed by atoms with Gasteiger partial charge in [-0.3, -0.25) is 9.78 Å². The number of likely N-dealkylation sites (tertiary alicyclic amines) is 1. The molecule has 0 aliphatic carbocycles. The number of imidazole rings is 1. The first kappa shape index (κ1) is 17.5. The van der Waals surface area contributed by atoms with Gasteiger partial charge in [-0.2, -0.15) is 0 Å². The second-order valence-electron chi connectivity index (χ2n) is 6.63. The second-order valence-corrected chi connectivity index (χ2v) is 6.63. The van der Waals surface area contributed by atoms with Gasteiger partial charge in [0.15, 0.2) is 0 Å². The summed E-state index contributed by atoms with van der Waals surface area (Å²) in [6.07, 6.45) is 8.38. The molecule has 1 unspecified atom stereocenters. The largest absolute Gasteiger partial charge is 0.375 e. The molecule has 1 aliphatic rings. The van der Waals surface area contributed by atoms with Crippen molar-refractivity contribution in [3.8, 4) is 11.4 Å². The molecule has 25 heavy (non-hydrogen) atoms. The molecule has 1 saturated heterocycles. The Morgan fingerprint density at radius 3 is 2.92 bits per heavy atom. The Kier molecular flexibility index (Phi) is 5.43. The lowest BCUT2D eigenvalue weighted by Gasteiger charge is -2.32. The minimum atomic E-state index is 0.0670. The van der Waals surface area contributed by atoms with E-state index in [-0.39, 0.29) is 12.5 Å². The molecule has 1 fully saturated rings. The van der Waals surface area contributed by atoms with Crippen molar-refractivity contribution < 1.29 is 9.53 Å². The van der Waals surface area contributed by atoms with E-state index in [4.69, 9.17) is 9.72 Å². The zero-order valence-electron chi connectivity index (χ0n) is 15.1. The zero-order chi connectivity index (χ0) is 17.8. The predicted molar refractivity (Wildman–Crippen MR) is 93.9 cm³/mol. The minimum absolute atomic E-state index is 0.0670. The van der Waals surface area contributed by atoms with Gasteiger partial charge in [0.25, 0.3) is 0 Å². The maximum atomic E-state index is 12.0. The molecule has 0 bridgehead atoms. The number of carbonyl (C=O) groups is 1. The van der Waals surface area contributed by atoms with E-state index in [1.165, 1.54) is 0 Å². The van der Waals surface area contributed by atoms with E-state index in [2.05, 4.69) is 9.97 Å². The van der Waals surface area contributed by atoms with E-state index in [0.717, 1.165) is 55.3 Å². The number of hydrogen-bond donors (Lipinski definition) is 0. The van der Waals surface area contributed by atoms with Gasteiger partial charge in [-0.1, -0.05) is 0 Å². The fraction of sp³-hybridized carbons (Fsp3) is 0.556. The van der Waals surface area contributed by atoms with E-state index >= 15 is 0 Å². The molecule has 2 aromatic heterocycles. The van der Waals surface area contributed by atoms with Gasteiger partial charge in [0.2, 0.25) is 5.91 Å². The molecule has 1 atom stereocenters. The van der Waals surface area contributed by atoms with Gasteiger partial charge in [0.05, 0.1) is 23.8 Å². The molecule has 3 heterocycles. The third-order valence-electron chi connectivity index (χ3n) is 4.80. The van der Waals surface area contributed by atoms with Crippen LogP contribution in [0.2, 0.25) is 0 Å². The van der Waals surface area contributed by atoms with Crippen molar-refractivity contribution in [1.29, 1.82) is 0 Å². The molecule has 0 aromatic carbocycles. The van der Waals surface area contributed by atoms with Crippen molar-refractivity contribution in [3.63, 3.8) is 0 Å². The van der Waals surface area contributed by atoms with Crippen LogP contribution in [0.4, 0.5) is 0 Å². The molecule has 0 N–H and O–H groups in total. The van der Waals surface area contributed by atoms with Crippen LogP contribution < -0.4 is 0 Å². The summed E-state index contributed by atoms with van der Waals surface area (Å²) in [4.78, 5) is 27.4. The summed E-state index contributed by atoms with van der Waals surface area (Å²) in [7, 11) is 3.53. The van der Waals surface area contributed by atoms with Crippen LogP contribution in [-0.4, -0.2) is 57.1 Å². The van der Waals surface area contributed by atoms with Gasteiger partial charge in [-0.15, -0.1) is 0 Å². The van der Waals surface area contributed by atoms with Gasteiger partial charge < -0.3 is 14.2 Å². The fourth-order valence-corrected chi connectivity index (χ4v) is 3.34. The Morgan fingerprint density at radius 1 is 1.36 bits per heavy atom. The summed E-state index contributed by atoms with van der Waals surface area (Å²) in [5.74, 6) is 1.42. The van der Waals surface area contributed by atoms with Crippen LogP contribution in [0.3, 0.4) is 0 Å². The van der Waals surface area contributed by atoms with Gasteiger partial charge in [0.1, 0.15) is 18.1 Å². The molecule has 0 radical (unpaired) electrons. The van der Waals surface area contributed by atoms with Crippen molar-refractivity contribution in [2.75, 3.05) is 26.8 Å². The normalized spacial score (nSPS) is 17.7. The Morgan fingerprint density at radius 2 is 2.20 bits per heavy atom. The number of hydrogen-bond acceptors (Lipinski definition) is 5. The molecule has 3 rings (SSSR count). The fourth-order valence-electron chi connectivity index (χ4n) is 3.34. The minimum Gasteiger partial charge on any atom is -0.375 e. The van der Waals surface area contributed by atoms with Crippen LogP contribution >= 0.6 is 0 Å². The van der Waals surface area contributed by atoms with Crippen molar-refractivity contribution in [3.05, 3.63) is 30.1 Å². The van der Waals surface area contributed by atoms with Gasteiger partial charge in [0, 0.05) is 33.4 Å². The summed E-state index contributed by atoms with van der Waals surface area (Å²) in [6, 6.07) is 0. The van der Waals surface area contributed by atoms with E-state index in [9.17, 15) is 4.79 Å². The number of methoxy groups -OCH3 is 1. The van der Waals surface area contributed by atoms with Crippen LogP contribution in [0.5, 0.6) is 0 Å². The SMILES string of the molecule is COCC(=O)N1CCCC(Cc2cncc(-c3cnc(C)n3C)n2)C1. The number of nitrogens with zero attached hydrogens (tertiary/aromatic N) is 5. The summed E-state index contributed by atoms with van der Waals surface area (Å²) < 4.78 is 6.98. The number of piperidine rings is 1. The smallest absolute Gasteiger partial charge is 0.248 e. The van der Waals surface area contributed by atoms with E-state index < -0.39 is 0 Å². The molecule has 0 saturated carbocycles. The lowest BCUT2D eigenvalue weighted by Crippen LogP contribution is -2.42. The number of aryl methyl sites for hydroxylation is 1. The molecule has 134 valence electrons. The predicted octanol–water partition coefficient (Wildman–Crippen LogP) is 1.61. The first-order chi connectivity index (χ1) is 12.1. The zero-order valence-corrected chi connectivity index (χ0v) is 15.1. The monoisotopic (exact) mass is 343 g/mol. The summed E-state index contributed by atoms with van der Waals surface area (Å²) in [5.41, 5.74) is 2.76. The van der Waals surface area contributed by atoms with Crippen LogP contribution in [-0.2, 0) is 23.0 Å². The van der Waals surface area contributed by atoms with Crippen molar-refractivity contribution >= 4 is 5.91 Å². The second kappa shape index (κ2) is 7.74. The maximum absolute atomic E-state index is 12.0. The summed E-state index contributed by atoms with van der Waals surface area (Å²) in [6.45, 7) is 3.70. The van der Waals surface area contributed by atoms with Gasteiger partial charge in [-0.05, 0) is 32.1 Å². The molecule has 1 aliphatic heterocycles. The Bertz CT molecular complexity index is 743. The highest BCUT2D eigenvalue weighted by Gasteiger charge is 2.24. The molecular weight excluding hydrogens is 318 g/mol. The number of rotatable bonds is 5. The van der Waals surface area contributed by atoms with Gasteiger partial charge >= 0.3 is 0 Å². The van der Waals surface area contributed by atoms with Crippen LogP contribution in [0.15, 0.2) is 18.6 Å². The first-order valence-corrected chi connectivity index (χ1v) is 8.64. The van der Waals surface area contributed by atoms with E-state index in [0.29, 0.717) is 5.92 Å². The quantitative estimate of drug-likeness (QED) is 0.825. The Balaban J connectivity index is 1.70. The Hall–Kier alpha value is -2.28. The summed E-state index contributed by atoms with van der Waals surface area (Å²) >= 11 is 0. The van der Waals surface area contributed by atoms with Gasteiger partial charge in [-0.25, -0.2) is 9.97 Å². The van der Waals surface area contributed by atoms with E-state index in [1.54, 1.807) is 13.3 Å². The molecular formula is C18H25N5O2. The summed E-state index contributed by atoms with van der Waals surface area (Å²) in [5, 5.41) is 0. The maximum Gasteiger partial charge on any atom is 0.248 e. The van der Waals surface area contributed by atoms with Crippen molar-refractivity contribution in [2.24, 2.45) is 13.0 Å². The number of aromatic nitrogens is 4.